The molecule has 0 radical (unpaired) electrons. The fraction of sp³-hybridized carbons (Fsp3) is 0.409. The maximum Gasteiger partial charge on any atom is 0.303 e. The summed E-state index contributed by atoms with van der Waals surface area (Å²) in [7, 11) is 0. The van der Waals surface area contributed by atoms with Crippen LogP contribution in [0.25, 0.3) is 0 Å². The number of hydrogen-bond donors (Lipinski definition) is 2. The summed E-state index contributed by atoms with van der Waals surface area (Å²) < 4.78 is 0. The van der Waals surface area contributed by atoms with Crippen LogP contribution in [-0.4, -0.2) is 38.4 Å². The number of ketones is 1. The van der Waals surface area contributed by atoms with Gasteiger partial charge in [-0.15, -0.1) is 0 Å². The van der Waals surface area contributed by atoms with Crippen LogP contribution >= 0.6 is 0 Å². The summed E-state index contributed by atoms with van der Waals surface area (Å²) in [5, 5.41) is 12.5. The number of carboxylic acids is 1. The Balaban J connectivity index is 1.53. The second-order valence-corrected chi connectivity index (χ2v) is 7.30. The maximum atomic E-state index is 12.2. The summed E-state index contributed by atoms with van der Waals surface area (Å²) in [6.45, 7) is 2.72. The van der Waals surface area contributed by atoms with Crippen LogP contribution in [0.5, 0.6) is 0 Å². The molecule has 1 aliphatic rings. The van der Waals surface area contributed by atoms with Crippen molar-refractivity contribution in [3.63, 3.8) is 0 Å². The number of hydrogen-bond acceptors (Lipinski definition) is 6. The molecule has 0 amide bonds. The molecule has 0 bridgehead atoms. The van der Waals surface area contributed by atoms with Gasteiger partial charge in [-0.05, 0) is 55.9 Å². The van der Waals surface area contributed by atoms with Gasteiger partial charge in [0.25, 0.3) is 0 Å². The van der Waals surface area contributed by atoms with Crippen LogP contribution in [0.3, 0.4) is 0 Å². The second-order valence-electron chi connectivity index (χ2n) is 7.30. The number of carboxylic acid groups (broad SMARTS) is 1. The zero-order valence-electron chi connectivity index (χ0n) is 16.6. The lowest BCUT2D eigenvalue weighted by atomic mass is 9.94. The Bertz CT molecular complexity index is 893. The fourth-order valence-electron chi connectivity index (χ4n) is 3.37. The molecule has 0 saturated heterocycles. The molecule has 0 aromatic carbocycles. The first-order chi connectivity index (χ1) is 14.0. The van der Waals surface area contributed by atoms with Gasteiger partial charge in [-0.2, -0.15) is 0 Å². The van der Waals surface area contributed by atoms with Crippen LogP contribution in [0.1, 0.15) is 54.2 Å². The molecule has 2 aromatic heterocycles. The molecular weight excluding hydrogens is 368 g/mol. The monoisotopic (exact) mass is 394 g/mol. The normalized spacial score (nSPS) is 14.2. The predicted molar refractivity (Wildman–Crippen MR) is 110 cm³/mol. The number of carbonyl (C=O) groups is 2. The predicted octanol–water partition coefficient (Wildman–Crippen LogP) is 3.24. The average Bonchev–Trinajstić information content (AvgIpc) is 2.71. The van der Waals surface area contributed by atoms with Gasteiger partial charge in [0.15, 0.2) is 5.78 Å². The van der Waals surface area contributed by atoms with Crippen LogP contribution in [0.4, 0.5) is 5.82 Å². The highest BCUT2D eigenvalue weighted by molar-refractivity contribution is 5.89. The van der Waals surface area contributed by atoms with Gasteiger partial charge in [-0.1, -0.05) is 12.1 Å². The Morgan fingerprint density at radius 1 is 1.28 bits per heavy atom. The molecule has 1 unspecified atom stereocenters. The van der Waals surface area contributed by atoms with Crippen molar-refractivity contribution in [3.05, 3.63) is 59.3 Å². The summed E-state index contributed by atoms with van der Waals surface area (Å²) in [5.74, 6) is 0.438. The smallest absolute Gasteiger partial charge is 0.303 e. The third kappa shape index (κ3) is 6.20. The zero-order chi connectivity index (χ0) is 20.6. The van der Waals surface area contributed by atoms with Crippen LogP contribution < -0.4 is 5.32 Å². The lowest BCUT2D eigenvalue weighted by molar-refractivity contribution is -0.137. The van der Waals surface area contributed by atoms with Crippen LogP contribution in [0, 0.1) is 6.92 Å². The number of pyridine rings is 1. The molecule has 2 N–H and O–H groups in total. The Labute approximate surface area is 170 Å². The van der Waals surface area contributed by atoms with E-state index in [0.29, 0.717) is 25.1 Å². The molecule has 0 fully saturated rings. The third-order valence-corrected chi connectivity index (χ3v) is 5.00. The molecular formula is C22H26N4O3. The Morgan fingerprint density at radius 2 is 2.07 bits per heavy atom. The first kappa shape index (κ1) is 20.6. The van der Waals surface area contributed by atoms with Gasteiger partial charge < -0.3 is 10.4 Å². The summed E-state index contributed by atoms with van der Waals surface area (Å²) in [5.41, 5.74) is 2.90. The minimum Gasteiger partial charge on any atom is -0.481 e. The minimum absolute atomic E-state index is 0.00621. The van der Waals surface area contributed by atoms with Gasteiger partial charge in [-0.3, -0.25) is 9.59 Å². The number of aryl methyl sites for hydroxylation is 3. The van der Waals surface area contributed by atoms with Crippen LogP contribution in [-0.2, 0) is 22.4 Å². The molecule has 0 spiro atoms. The number of anilines is 1. The number of rotatable bonds is 9. The molecule has 3 rings (SSSR count). The summed E-state index contributed by atoms with van der Waals surface area (Å²) in [6.07, 6.45) is 10.1. The van der Waals surface area contributed by atoms with Crippen molar-refractivity contribution in [2.75, 3.05) is 11.9 Å². The Hall–Kier alpha value is -3.09. The fourth-order valence-corrected chi connectivity index (χ4v) is 3.37. The standard InChI is InChI=1S/C22H26N4O3/c1-15-24-13-18(14-25-15)17(12-21(28)29)4-2-6-20(27)10-9-19-8-7-16-5-3-11-23-22(16)26-19/h2,6-8,13-14,17H,3-5,9-12H2,1H3,(H,23,26)(H,28,29)/b6-2+. The van der Waals surface area contributed by atoms with Gasteiger partial charge in [0.05, 0.1) is 6.42 Å². The van der Waals surface area contributed by atoms with Crippen molar-refractivity contribution in [2.45, 2.75) is 51.4 Å². The van der Waals surface area contributed by atoms with Crippen molar-refractivity contribution in [3.8, 4) is 0 Å². The van der Waals surface area contributed by atoms with Crippen molar-refractivity contribution >= 4 is 17.6 Å². The van der Waals surface area contributed by atoms with Crippen molar-refractivity contribution in [1.29, 1.82) is 0 Å². The van der Waals surface area contributed by atoms with Gasteiger partial charge in [0, 0.05) is 37.0 Å². The number of carbonyl (C=O) groups excluding carboxylic acids is 1. The van der Waals surface area contributed by atoms with Crippen LogP contribution in [0.2, 0.25) is 0 Å². The lowest BCUT2D eigenvalue weighted by Crippen LogP contribution is -2.14. The first-order valence-electron chi connectivity index (χ1n) is 9.93. The topological polar surface area (TPSA) is 105 Å². The van der Waals surface area contributed by atoms with E-state index in [9.17, 15) is 9.59 Å². The van der Waals surface area contributed by atoms with E-state index >= 15 is 0 Å². The van der Waals surface area contributed by atoms with Gasteiger partial charge >= 0.3 is 5.97 Å². The molecule has 1 aliphatic heterocycles. The first-order valence-corrected chi connectivity index (χ1v) is 9.93. The Kier molecular flexibility index (Phi) is 7.05. The third-order valence-electron chi connectivity index (χ3n) is 5.00. The average molecular weight is 394 g/mol. The number of fused-ring (bicyclic) bond motifs is 1. The molecule has 2 aromatic rings. The highest BCUT2D eigenvalue weighted by Crippen LogP contribution is 2.23. The number of aliphatic carboxylic acids is 1. The van der Waals surface area contributed by atoms with Gasteiger partial charge in [0.1, 0.15) is 11.6 Å². The van der Waals surface area contributed by atoms with Crippen molar-refractivity contribution < 1.29 is 14.7 Å². The number of nitrogens with one attached hydrogen (secondary N) is 1. The molecule has 3 heterocycles. The number of nitrogens with zero attached hydrogens (tertiary/aromatic N) is 3. The van der Waals surface area contributed by atoms with Crippen molar-refractivity contribution in [1.82, 2.24) is 15.0 Å². The largest absolute Gasteiger partial charge is 0.481 e. The summed E-state index contributed by atoms with van der Waals surface area (Å²) in [6, 6.07) is 4.08. The maximum absolute atomic E-state index is 12.2. The highest BCUT2D eigenvalue weighted by atomic mass is 16.4. The molecule has 29 heavy (non-hydrogen) atoms. The highest BCUT2D eigenvalue weighted by Gasteiger charge is 2.15. The number of allylic oxidation sites excluding steroid dienone is 2. The number of aromatic nitrogens is 3. The van der Waals surface area contributed by atoms with E-state index in [1.165, 1.54) is 5.56 Å². The van der Waals surface area contributed by atoms with E-state index in [2.05, 4.69) is 26.3 Å². The van der Waals surface area contributed by atoms with E-state index in [4.69, 9.17) is 5.11 Å². The molecule has 7 nitrogen and oxygen atoms in total. The second kappa shape index (κ2) is 9.91. The molecule has 0 aliphatic carbocycles. The zero-order valence-corrected chi connectivity index (χ0v) is 16.6. The van der Waals surface area contributed by atoms with E-state index < -0.39 is 5.97 Å². The van der Waals surface area contributed by atoms with Crippen molar-refractivity contribution in [2.24, 2.45) is 0 Å². The molecule has 0 saturated carbocycles. The molecule has 152 valence electrons. The summed E-state index contributed by atoms with van der Waals surface area (Å²) in [4.78, 5) is 36.3. The van der Waals surface area contributed by atoms with Gasteiger partial charge in [0.2, 0.25) is 0 Å². The molecule has 7 heteroatoms. The summed E-state index contributed by atoms with van der Waals surface area (Å²) >= 11 is 0. The lowest BCUT2D eigenvalue weighted by Gasteiger charge is -2.17. The van der Waals surface area contributed by atoms with E-state index in [0.717, 1.165) is 36.5 Å². The van der Waals surface area contributed by atoms with Crippen LogP contribution in [0.15, 0.2) is 36.7 Å². The molecule has 1 atom stereocenters. The van der Waals surface area contributed by atoms with E-state index in [1.807, 2.05) is 6.07 Å². The minimum atomic E-state index is -0.887. The SMILES string of the molecule is Cc1ncc(C(C/C=C/C(=O)CCc2ccc3c(n2)NCCC3)CC(=O)O)cn1. The van der Waals surface area contributed by atoms with E-state index in [1.54, 1.807) is 31.5 Å². The van der Waals surface area contributed by atoms with E-state index in [-0.39, 0.29) is 18.1 Å². The van der Waals surface area contributed by atoms with Gasteiger partial charge in [-0.25, -0.2) is 15.0 Å². The quantitative estimate of drug-likeness (QED) is 0.629. The Morgan fingerprint density at radius 3 is 2.83 bits per heavy atom.